The van der Waals surface area contributed by atoms with Crippen LogP contribution in [0.4, 0.5) is 5.69 Å². The highest BCUT2D eigenvalue weighted by Gasteiger charge is 2.12. The van der Waals surface area contributed by atoms with E-state index in [0.717, 1.165) is 31.9 Å². The number of nitrogens with one attached hydrogen (secondary N) is 2. The van der Waals surface area contributed by atoms with Crippen LogP contribution in [-0.4, -0.2) is 49.6 Å². The molecule has 0 aliphatic carbocycles. The van der Waals surface area contributed by atoms with Gasteiger partial charge in [-0.3, -0.25) is 14.5 Å². The molecule has 1 aliphatic heterocycles. The summed E-state index contributed by atoms with van der Waals surface area (Å²) in [5.41, 5.74) is 2.26. The molecular weight excluding hydrogens is 437 g/mol. The van der Waals surface area contributed by atoms with Crippen LogP contribution in [0.3, 0.4) is 0 Å². The van der Waals surface area contributed by atoms with E-state index in [2.05, 4.69) is 15.5 Å². The van der Waals surface area contributed by atoms with Gasteiger partial charge in [-0.2, -0.15) is 0 Å². The van der Waals surface area contributed by atoms with Gasteiger partial charge in [0.15, 0.2) is 0 Å². The molecule has 2 amide bonds. The van der Waals surface area contributed by atoms with Crippen LogP contribution in [0.1, 0.15) is 17.5 Å². The number of carbonyl (C=O) groups excluding carboxylic acids is 2. The van der Waals surface area contributed by atoms with Crippen molar-refractivity contribution in [2.75, 3.05) is 38.2 Å². The van der Waals surface area contributed by atoms with E-state index in [1.54, 1.807) is 24.3 Å². The Balaban J connectivity index is 1.46. The van der Waals surface area contributed by atoms with Crippen LogP contribution < -0.4 is 10.6 Å². The number of amides is 2. The monoisotopic (exact) mass is 461 g/mol. The quantitative estimate of drug-likeness (QED) is 0.583. The Labute approximate surface area is 192 Å². The van der Waals surface area contributed by atoms with Gasteiger partial charge in [0.1, 0.15) is 0 Å². The molecule has 0 atom stereocenters. The number of halogens is 2. The minimum Gasteiger partial charge on any atom is -0.379 e. The van der Waals surface area contributed by atoms with E-state index in [9.17, 15) is 9.59 Å². The van der Waals surface area contributed by atoms with Crippen molar-refractivity contribution in [3.8, 4) is 0 Å². The van der Waals surface area contributed by atoms with Gasteiger partial charge in [0.25, 0.3) is 0 Å². The highest BCUT2D eigenvalue weighted by Crippen LogP contribution is 2.26. The largest absolute Gasteiger partial charge is 0.379 e. The third kappa shape index (κ3) is 7.67. The van der Waals surface area contributed by atoms with Gasteiger partial charge in [0, 0.05) is 44.4 Å². The molecule has 0 radical (unpaired) electrons. The van der Waals surface area contributed by atoms with Crippen molar-refractivity contribution < 1.29 is 14.3 Å². The summed E-state index contributed by atoms with van der Waals surface area (Å²) in [5.74, 6) is -0.287. The Hall–Kier alpha value is -2.38. The number of ether oxygens (including phenoxy) is 1. The van der Waals surface area contributed by atoms with E-state index in [1.807, 2.05) is 24.3 Å². The van der Waals surface area contributed by atoms with E-state index in [0.29, 0.717) is 40.8 Å². The van der Waals surface area contributed by atoms with Gasteiger partial charge in [-0.05, 0) is 35.4 Å². The molecule has 2 N–H and O–H groups in total. The zero-order chi connectivity index (χ0) is 22.1. The Morgan fingerprint density at radius 3 is 2.68 bits per heavy atom. The molecule has 2 aromatic rings. The molecule has 1 fully saturated rings. The fourth-order valence-corrected chi connectivity index (χ4v) is 3.50. The van der Waals surface area contributed by atoms with Gasteiger partial charge >= 0.3 is 0 Å². The van der Waals surface area contributed by atoms with Gasteiger partial charge in [-0.1, -0.05) is 47.5 Å². The number of benzene rings is 2. The SMILES string of the molecule is O=C(/C=C/c1cccc(Cl)c1Cl)NCc1cccc(NC(=O)CCN2CCOCC2)c1. The molecule has 1 aliphatic rings. The Kier molecular flexibility index (Phi) is 8.91. The number of anilines is 1. The van der Waals surface area contributed by atoms with Crippen LogP contribution in [0.25, 0.3) is 6.08 Å². The maximum atomic E-state index is 12.2. The van der Waals surface area contributed by atoms with E-state index in [4.69, 9.17) is 27.9 Å². The zero-order valence-corrected chi connectivity index (χ0v) is 18.6. The summed E-state index contributed by atoms with van der Waals surface area (Å²) < 4.78 is 5.32. The topological polar surface area (TPSA) is 70.7 Å². The lowest BCUT2D eigenvalue weighted by Crippen LogP contribution is -2.38. The first-order chi connectivity index (χ1) is 15.0. The Morgan fingerprint density at radius 2 is 1.87 bits per heavy atom. The fourth-order valence-electron chi connectivity index (χ4n) is 3.13. The molecule has 1 heterocycles. The van der Waals surface area contributed by atoms with Crippen LogP contribution in [0.5, 0.6) is 0 Å². The lowest BCUT2D eigenvalue weighted by atomic mass is 10.2. The van der Waals surface area contributed by atoms with Crippen molar-refractivity contribution >= 4 is 46.8 Å². The lowest BCUT2D eigenvalue weighted by molar-refractivity contribution is -0.117. The molecule has 0 bridgehead atoms. The first-order valence-corrected chi connectivity index (χ1v) is 10.9. The van der Waals surface area contributed by atoms with Crippen molar-refractivity contribution in [1.82, 2.24) is 10.2 Å². The second-order valence-electron chi connectivity index (χ2n) is 7.15. The van der Waals surface area contributed by atoms with Gasteiger partial charge in [-0.25, -0.2) is 0 Å². The van der Waals surface area contributed by atoms with Crippen molar-refractivity contribution in [2.45, 2.75) is 13.0 Å². The highest BCUT2D eigenvalue weighted by molar-refractivity contribution is 6.42. The van der Waals surface area contributed by atoms with Crippen molar-refractivity contribution in [3.63, 3.8) is 0 Å². The lowest BCUT2D eigenvalue weighted by Gasteiger charge is -2.26. The van der Waals surface area contributed by atoms with Crippen LogP contribution >= 0.6 is 23.2 Å². The van der Waals surface area contributed by atoms with E-state index in [-0.39, 0.29) is 11.8 Å². The summed E-state index contributed by atoms with van der Waals surface area (Å²) in [6.45, 7) is 4.21. The van der Waals surface area contributed by atoms with Crippen molar-refractivity contribution in [3.05, 3.63) is 69.7 Å². The second kappa shape index (κ2) is 11.9. The summed E-state index contributed by atoms with van der Waals surface area (Å²) >= 11 is 12.1. The predicted molar refractivity (Wildman–Crippen MR) is 124 cm³/mol. The maximum Gasteiger partial charge on any atom is 0.244 e. The zero-order valence-electron chi connectivity index (χ0n) is 17.1. The molecule has 6 nitrogen and oxygen atoms in total. The molecule has 0 saturated carbocycles. The van der Waals surface area contributed by atoms with Gasteiger partial charge < -0.3 is 15.4 Å². The minimum atomic E-state index is -0.254. The maximum absolute atomic E-state index is 12.2. The number of hydrogen-bond acceptors (Lipinski definition) is 4. The summed E-state index contributed by atoms with van der Waals surface area (Å²) in [5, 5.41) is 6.58. The van der Waals surface area contributed by atoms with E-state index in [1.165, 1.54) is 6.08 Å². The molecule has 8 heteroatoms. The van der Waals surface area contributed by atoms with Gasteiger partial charge in [0.05, 0.1) is 23.3 Å². The number of carbonyl (C=O) groups is 2. The third-order valence-electron chi connectivity index (χ3n) is 4.83. The molecule has 0 aromatic heterocycles. The van der Waals surface area contributed by atoms with Gasteiger partial charge in [-0.15, -0.1) is 0 Å². The standard InChI is InChI=1S/C23H25Cl2N3O3/c24-20-6-2-4-18(23(20)25)7-8-21(29)26-16-17-3-1-5-19(15-17)27-22(30)9-10-28-11-13-31-14-12-28/h1-8,15H,9-14,16H2,(H,26,29)(H,27,30)/b8-7+. The van der Waals surface area contributed by atoms with Crippen LogP contribution in [-0.2, 0) is 20.9 Å². The van der Waals surface area contributed by atoms with Crippen LogP contribution in [0, 0.1) is 0 Å². The van der Waals surface area contributed by atoms with E-state index < -0.39 is 0 Å². The Morgan fingerprint density at radius 1 is 1.10 bits per heavy atom. The smallest absolute Gasteiger partial charge is 0.244 e. The average Bonchev–Trinajstić information content (AvgIpc) is 2.78. The summed E-state index contributed by atoms with van der Waals surface area (Å²) in [6, 6.07) is 12.7. The molecule has 0 unspecified atom stereocenters. The number of hydrogen-bond donors (Lipinski definition) is 2. The highest BCUT2D eigenvalue weighted by atomic mass is 35.5. The fraction of sp³-hybridized carbons (Fsp3) is 0.304. The number of nitrogens with zero attached hydrogens (tertiary/aromatic N) is 1. The molecule has 2 aromatic carbocycles. The van der Waals surface area contributed by atoms with Gasteiger partial charge in [0.2, 0.25) is 11.8 Å². The van der Waals surface area contributed by atoms with E-state index >= 15 is 0 Å². The Bertz CT molecular complexity index is 943. The van der Waals surface area contributed by atoms with Crippen LogP contribution in [0.15, 0.2) is 48.5 Å². The molecule has 3 rings (SSSR count). The minimum absolute atomic E-state index is 0.0333. The average molecular weight is 462 g/mol. The third-order valence-corrected chi connectivity index (χ3v) is 5.67. The number of rotatable bonds is 8. The first-order valence-electron chi connectivity index (χ1n) is 10.1. The number of morpholine rings is 1. The molecule has 31 heavy (non-hydrogen) atoms. The molecule has 0 spiro atoms. The first kappa shape index (κ1) is 23.3. The molecular formula is C23H25Cl2N3O3. The summed E-state index contributed by atoms with van der Waals surface area (Å²) in [6.07, 6.45) is 3.46. The van der Waals surface area contributed by atoms with Crippen molar-refractivity contribution in [1.29, 1.82) is 0 Å². The summed E-state index contributed by atoms with van der Waals surface area (Å²) in [7, 11) is 0. The normalized spacial score (nSPS) is 14.5. The molecule has 164 valence electrons. The van der Waals surface area contributed by atoms with Crippen molar-refractivity contribution in [2.24, 2.45) is 0 Å². The van der Waals surface area contributed by atoms with Crippen LogP contribution in [0.2, 0.25) is 10.0 Å². The molecule has 1 saturated heterocycles. The second-order valence-corrected chi connectivity index (χ2v) is 7.93. The predicted octanol–water partition coefficient (Wildman–Crippen LogP) is 3.98. The summed E-state index contributed by atoms with van der Waals surface area (Å²) in [4.78, 5) is 26.6.